The number of carbonyl (C=O) groups excluding carboxylic acids is 1. The largest absolute Gasteiger partial charge is 0.492 e. The van der Waals surface area contributed by atoms with E-state index in [0.717, 1.165) is 22.0 Å². The van der Waals surface area contributed by atoms with Crippen LogP contribution in [0.2, 0.25) is 0 Å². The number of halogens is 1. The molecule has 0 saturated carbocycles. The van der Waals surface area contributed by atoms with Crippen molar-refractivity contribution in [2.24, 2.45) is 0 Å². The molecule has 2 aromatic carbocycles. The molecule has 0 amide bonds. The van der Waals surface area contributed by atoms with Gasteiger partial charge in [0.05, 0.1) is 29.9 Å². The van der Waals surface area contributed by atoms with Crippen LogP contribution in [-0.4, -0.2) is 19.2 Å². The van der Waals surface area contributed by atoms with Crippen LogP contribution in [0.3, 0.4) is 0 Å². The lowest BCUT2D eigenvalue weighted by atomic mass is 10.1. The van der Waals surface area contributed by atoms with Crippen molar-refractivity contribution in [2.75, 3.05) is 13.2 Å². The highest BCUT2D eigenvalue weighted by Gasteiger charge is 2.26. The molecule has 0 bridgehead atoms. The van der Waals surface area contributed by atoms with E-state index < -0.39 is 0 Å². The van der Waals surface area contributed by atoms with Gasteiger partial charge in [-0.15, -0.1) is 0 Å². The summed E-state index contributed by atoms with van der Waals surface area (Å²) >= 11 is 3.46. The van der Waals surface area contributed by atoms with Gasteiger partial charge in [0.15, 0.2) is 0 Å². The van der Waals surface area contributed by atoms with Gasteiger partial charge in [-0.3, -0.25) is 0 Å². The predicted molar refractivity (Wildman–Crippen MR) is 89.5 cm³/mol. The summed E-state index contributed by atoms with van der Waals surface area (Å²) in [4.78, 5) is 11.6. The van der Waals surface area contributed by atoms with E-state index in [-0.39, 0.29) is 12.6 Å². The van der Waals surface area contributed by atoms with Gasteiger partial charge >= 0.3 is 5.97 Å². The Balaban J connectivity index is 1.46. The number of cyclic esters (lactones) is 1. The fourth-order valence-corrected chi connectivity index (χ4v) is 2.89. The Hall–Kier alpha value is -1.85. The Morgan fingerprint density at radius 2 is 1.91 bits per heavy atom. The number of fused-ring (bicyclic) bond motifs is 1. The normalized spacial score (nSPS) is 12.8. The van der Waals surface area contributed by atoms with Crippen molar-refractivity contribution in [1.82, 2.24) is 0 Å². The van der Waals surface area contributed by atoms with Crippen molar-refractivity contribution >= 4 is 21.9 Å². The summed E-state index contributed by atoms with van der Waals surface area (Å²) in [6.07, 6.45) is 0.776. The molecule has 0 radical (unpaired) electrons. The highest BCUT2D eigenvalue weighted by molar-refractivity contribution is 9.10. The predicted octanol–water partition coefficient (Wildman–Crippen LogP) is 4.11. The van der Waals surface area contributed by atoms with Gasteiger partial charge in [-0.05, 0) is 33.6 Å². The molecule has 0 N–H and O–H groups in total. The summed E-state index contributed by atoms with van der Waals surface area (Å²) in [6.45, 7) is 2.02. The molecule has 0 unspecified atom stereocenters. The van der Waals surface area contributed by atoms with Crippen molar-refractivity contribution in [3.63, 3.8) is 0 Å². The van der Waals surface area contributed by atoms with Crippen LogP contribution >= 0.6 is 15.9 Å². The van der Waals surface area contributed by atoms with Gasteiger partial charge in [-0.25, -0.2) is 4.79 Å². The van der Waals surface area contributed by atoms with E-state index in [0.29, 0.717) is 31.1 Å². The van der Waals surface area contributed by atoms with Crippen LogP contribution in [-0.2, 0) is 22.7 Å². The summed E-state index contributed by atoms with van der Waals surface area (Å²) in [7, 11) is 0. The Morgan fingerprint density at radius 1 is 1.09 bits per heavy atom. The van der Waals surface area contributed by atoms with E-state index >= 15 is 0 Å². The number of carbonyl (C=O) groups is 1. The molecule has 0 atom stereocenters. The molecule has 0 aliphatic carbocycles. The first-order chi connectivity index (χ1) is 11.3. The van der Waals surface area contributed by atoms with Gasteiger partial charge in [0.2, 0.25) is 0 Å². The topological polar surface area (TPSA) is 44.8 Å². The van der Waals surface area contributed by atoms with E-state index in [2.05, 4.69) is 15.9 Å². The summed E-state index contributed by atoms with van der Waals surface area (Å²) < 4.78 is 17.3. The minimum Gasteiger partial charge on any atom is -0.492 e. The van der Waals surface area contributed by atoms with Gasteiger partial charge in [0, 0.05) is 12.0 Å². The molecule has 2 aromatic rings. The van der Waals surface area contributed by atoms with Crippen molar-refractivity contribution < 1.29 is 19.0 Å². The van der Waals surface area contributed by atoms with Gasteiger partial charge in [0.1, 0.15) is 12.4 Å². The second kappa shape index (κ2) is 7.62. The molecular formula is C18H17BrO4. The van der Waals surface area contributed by atoms with Crippen LogP contribution in [0.1, 0.15) is 27.9 Å². The molecule has 3 rings (SSSR count). The highest BCUT2D eigenvalue weighted by Crippen LogP contribution is 2.35. The Kier molecular flexibility index (Phi) is 5.31. The molecule has 0 fully saturated rings. The molecule has 23 heavy (non-hydrogen) atoms. The maximum absolute atomic E-state index is 11.6. The van der Waals surface area contributed by atoms with Crippen molar-refractivity contribution in [1.29, 1.82) is 0 Å². The zero-order chi connectivity index (χ0) is 16.1. The van der Waals surface area contributed by atoms with Gasteiger partial charge in [-0.2, -0.15) is 0 Å². The smallest absolute Gasteiger partial charge is 0.339 e. The Morgan fingerprint density at radius 3 is 2.74 bits per heavy atom. The summed E-state index contributed by atoms with van der Waals surface area (Å²) in [5, 5.41) is 0. The third-order valence-corrected chi connectivity index (χ3v) is 4.20. The van der Waals surface area contributed by atoms with Crippen LogP contribution in [0.5, 0.6) is 5.75 Å². The molecule has 0 spiro atoms. The molecule has 0 aromatic heterocycles. The number of rotatable bonds is 7. The summed E-state index contributed by atoms with van der Waals surface area (Å²) in [5.41, 5.74) is 2.56. The first kappa shape index (κ1) is 16.0. The molecular weight excluding hydrogens is 360 g/mol. The van der Waals surface area contributed by atoms with Gasteiger partial charge in [0.25, 0.3) is 0 Å². The average Bonchev–Trinajstić information content (AvgIpc) is 2.94. The molecule has 1 aliphatic rings. The van der Waals surface area contributed by atoms with E-state index in [1.807, 2.05) is 36.4 Å². The molecule has 4 nitrogen and oxygen atoms in total. The van der Waals surface area contributed by atoms with Crippen LogP contribution in [0, 0.1) is 0 Å². The molecule has 1 aliphatic heterocycles. The average molecular weight is 377 g/mol. The van der Waals surface area contributed by atoms with Crippen molar-refractivity contribution in [3.8, 4) is 5.75 Å². The lowest BCUT2D eigenvalue weighted by molar-refractivity contribution is 0.0534. The van der Waals surface area contributed by atoms with Crippen LogP contribution < -0.4 is 4.74 Å². The first-order valence-corrected chi connectivity index (χ1v) is 8.28. The number of esters is 1. The monoisotopic (exact) mass is 376 g/mol. The number of hydrogen-bond acceptors (Lipinski definition) is 4. The molecule has 5 heteroatoms. The van der Waals surface area contributed by atoms with E-state index in [1.54, 1.807) is 6.07 Å². The highest BCUT2D eigenvalue weighted by atomic mass is 79.9. The molecule has 1 heterocycles. The van der Waals surface area contributed by atoms with E-state index in [1.165, 1.54) is 0 Å². The lowest BCUT2D eigenvalue weighted by Gasteiger charge is -2.11. The van der Waals surface area contributed by atoms with Crippen LogP contribution in [0.15, 0.2) is 46.9 Å². The van der Waals surface area contributed by atoms with Gasteiger partial charge < -0.3 is 14.2 Å². The number of ether oxygens (including phenoxy) is 3. The van der Waals surface area contributed by atoms with E-state index in [9.17, 15) is 4.79 Å². The maximum atomic E-state index is 11.6. The fraction of sp³-hybridized carbons (Fsp3) is 0.278. The maximum Gasteiger partial charge on any atom is 0.339 e. The SMILES string of the molecule is O=C1OCc2c1ccc(Br)c2OCCCOCc1ccccc1. The molecule has 0 saturated heterocycles. The fourth-order valence-electron chi connectivity index (χ4n) is 2.40. The zero-order valence-corrected chi connectivity index (χ0v) is 14.2. The standard InChI is InChI=1S/C18H17BrO4/c19-16-8-7-14-15(12-23-18(14)20)17(16)22-10-4-9-21-11-13-5-2-1-3-6-13/h1-3,5-8H,4,9-12H2. The van der Waals surface area contributed by atoms with Crippen LogP contribution in [0.4, 0.5) is 0 Å². The minimum atomic E-state index is -0.288. The number of benzene rings is 2. The third kappa shape index (κ3) is 3.92. The van der Waals surface area contributed by atoms with Crippen molar-refractivity contribution in [3.05, 3.63) is 63.6 Å². The number of hydrogen-bond donors (Lipinski definition) is 0. The first-order valence-electron chi connectivity index (χ1n) is 7.48. The van der Waals surface area contributed by atoms with Gasteiger partial charge in [-0.1, -0.05) is 30.3 Å². The second-order valence-corrected chi connectivity index (χ2v) is 6.07. The lowest BCUT2D eigenvalue weighted by Crippen LogP contribution is -2.05. The van der Waals surface area contributed by atoms with E-state index in [4.69, 9.17) is 14.2 Å². The van der Waals surface area contributed by atoms with Crippen molar-refractivity contribution in [2.45, 2.75) is 19.6 Å². The summed E-state index contributed by atoms with van der Waals surface area (Å²) in [5.74, 6) is 0.403. The minimum absolute atomic E-state index is 0.271. The summed E-state index contributed by atoms with van der Waals surface area (Å²) in [6, 6.07) is 13.6. The third-order valence-electron chi connectivity index (χ3n) is 3.57. The quantitative estimate of drug-likeness (QED) is 0.538. The zero-order valence-electron chi connectivity index (χ0n) is 12.6. The second-order valence-electron chi connectivity index (χ2n) is 5.22. The Bertz CT molecular complexity index is 685. The van der Waals surface area contributed by atoms with Crippen LogP contribution in [0.25, 0.3) is 0 Å². The molecule has 120 valence electrons. The Labute approximate surface area is 143 Å².